The molecule has 1 aromatic rings. The average molecular weight is 251 g/mol. The second kappa shape index (κ2) is 8.11. The zero-order valence-corrected chi connectivity index (χ0v) is 11.7. The quantitative estimate of drug-likeness (QED) is 0.772. The Hall–Kier alpha value is -1.06. The van der Waals surface area contributed by atoms with E-state index in [1.807, 2.05) is 12.1 Å². The molecule has 3 heteroatoms. The Labute approximate surface area is 110 Å². The molecule has 0 amide bonds. The van der Waals surface area contributed by atoms with Crippen LogP contribution in [0.15, 0.2) is 24.3 Å². The summed E-state index contributed by atoms with van der Waals surface area (Å²) in [4.78, 5) is 0. The zero-order chi connectivity index (χ0) is 13.4. The standard InChI is InChI=1S/C15H25NO2/c1-12(11-17-2)10-14(16)7-4-13-5-8-15(18-3)9-6-13/h5-6,8-9,12,14H,4,7,10-11,16H2,1-3H3. The molecule has 2 N–H and O–H groups in total. The van der Waals surface area contributed by atoms with Crippen LogP contribution < -0.4 is 10.5 Å². The Morgan fingerprint density at radius 3 is 2.39 bits per heavy atom. The van der Waals surface area contributed by atoms with E-state index in [0.717, 1.165) is 31.6 Å². The lowest BCUT2D eigenvalue weighted by Crippen LogP contribution is -2.25. The van der Waals surface area contributed by atoms with Crippen LogP contribution in [0.1, 0.15) is 25.3 Å². The lowest BCUT2D eigenvalue weighted by atomic mass is 9.97. The summed E-state index contributed by atoms with van der Waals surface area (Å²) in [5.74, 6) is 1.43. The summed E-state index contributed by atoms with van der Waals surface area (Å²) < 4.78 is 10.3. The van der Waals surface area contributed by atoms with E-state index < -0.39 is 0 Å². The van der Waals surface area contributed by atoms with Crippen molar-refractivity contribution >= 4 is 0 Å². The van der Waals surface area contributed by atoms with Gasteiger partial charge in [0.1, 0.15) is 5.75 Å². The van der Waals surface area contributed by atoms with Crippen LogP contribution in [0.25, 0.3) is 0 Å². The molecule has 0 heterocycles. The van der Waals surface area contributed by atoms with Crippen molar-refractivity contribution in [2.45, 2.75) is 32.2 Å². The van der Waals surface area contributed by atoms with Crippen molar-refractivity contribution in [1.29, 1.82) is 0 Å². The molecule has 0 aliphatic heterocycles. The lowest BCUT2D eigenvalue weighted by molar-refractivity contribution is 0.151. The van der Waals surface area contributed by atoms with E-state index in [1.165, 1.54) is 5.56 Å². The van der Waals surface area contributed by atoms with Gasteiger partial charge in [-0.3, -0.25) is 0 Å². The van der Waals surface area contributed by atoms with Gasteiger partial charge in [0, 0.05) is 19.8 Å². The van der Waals surface area contributed by atoms with Gasteiger partial charge in [-0.2, -0.15) is 0 Å². The van der Waals surface area contributed by atoms with Gasteiger partial charge in [-0.25, -0.2) is 0 Å². The molecular weight excluding hydrogens is 226 g/mol. The van der Waals surface area contributed by atoms with Crippen molar-refractivity contribution < 1.29 is 9.47 Å². The number of nitrogens with two attached hydrogens (primary N) is 1. The maximum Gasteiger partial charge on any atom is 0.118 e. The summed E-state index contributed by atoms with van der Waals surface area (Å²) in [6.07, 6.45) is 3.05. The van der Waals surface area contributed by atoms with Crippen LogP contribution in [0.2, 0.25) is 0 Å². The summed E-state index contributed by atoms with van der Waals surface area (Å²) >= 11 is 0. The first kappa shape index (κ1) is 15.0. The Balaban J connectivity index is 2.30. The maximum absolute atomic E-state index is 6.13. The number of hydrogen-bond acceptors (Lipinski definition) is 3. The Kier molecular flexibility index (Phi) is 6.76. The SMILES string of the molecule is COCC(C)CC(N)CCc1ccc(OC)cc1. The highest BCUT2D eigenvalue weighted by Gasteiger charge is 2.09. The minimum absolute atomic E-state index is 0.247. The molecular formula is C15H25NO2. The smallest absolute Gasteiger partial charge is 0.118 e. The minimum atomic E-state index is 0.247. The number of benzene rings is 1. The molecule has 1 rings (SSSR count). The van der Waals surface area contributed by atoms with Crippen molar-refractivity contribution in [3.8, 4) is 5.75 Å². The normalized spacial score (nSPS) is 14.2. The third-order valence-corrected chi connectivity index (χ3v) is 3.12. The Morgan fingerprint density at radius 2 is 1.83 bits per heavy atom. The predicted molar refractivity (Wildman–Crippen MR) is 74.9 cm³/mol. The van der Waals surface area contributed by atoms with Gasteiger partial charge in [0.15, 0.2) is 0 Å². The molecule has 1 aromatic carbocycles. The van der Waals surface area contributed by atoms with Gasteiger partial charge in [-0.15, -0.1) is 0 Å². The second-order valence-corrected chi connectivity index (χ2v) is 4.94. The fourth-order valence-corrected chi connectivity index (χ4v) is 2.13. The molecule has 0 saturated carbocycles. The summed E-state index contributed by atoms with van der Waals surface area (Å²) in [7, 11) is 3.42. The highest BCUT2D eigenvalue weighted by molar-refractivity contribution is 5.27. The van der Waals surface area contributed by atoms with E-state index >= 15 is 0 Å². The first-order valence-corrected chi connectivity index (χ1v) is 6.53. The topological polar surface area (TPSA) is 44.5 Å². The molecule has 0 aromatic heterocycles. The molecule has 0 aliphatic carbocycles. The predicted octanol–water partition coefficient (Wildman–Crippen LogP) is 2.63. The minimum Gasteiger partial charge on any atom is -0.497 e. The number of methoxy groups -OCH3 is 2. The van der Waals surface area contributed by atoms with Crippen LogP contribution in [-0.4, -0.2) is 26.9 Å². The lowest BCUT2D eigenvalue weighted by Gasteiger charge is -2.16. The number of ether oxygens (including phenoxy) is 2. The van der Waals surface area contributed by atoms with Crippen LogP contribution in [-0.2, 0) is 11.2 Å². The molecule has 0 spiro atoms. The van der Waals surface area contributed by atoms with Gasteiger partial charge in [-0.05, 0) is 42.9 Å². The highest BCUT2D eigenvalue weighted by atomic mass is 16.5. The molecule has 2 atom stereocenters. The zero-order valence-electron chi connectivity index (χ0n) is 11.7. The van der Waals surface area contributed by atoms with Gasteiger partial charge >= 0.3 is 0 Å². The van der Waals surface area contributed by atoms with E-state index in [4.69, 9.17) is 15.2 Å². The molecule has 0 radical (unpaired) electrons. The highest BCUT2D eigenvalue weighted by Crippen LogP contribution is 2.14. The summed E-state index contributed by atoms with van der Waals surface area (Å²) in [6, 6.07) is 8.44. The molecule has 0 bridgehead atoms. The second-order valence-electron chi connectivity index (χ2n) is 4.94. The third-order valence-electron chi connectivity index (χ3n) is 3.12. The molecule has 18 heavy (non-hydrogen) atoms. The van der Waals surface area contributed by atoms with Crippen LogP contribution >= 0.6 is 0 Å². The van der Waals surface area contributed by atoms with E-state index in [2.05, 4.69) is 19.1 Å². The number of hydrogen-bond donors (Lipinski definition) is 1. The fraction of sp³-hybridized carbons (Fsp3) is 0.600. The van der Waals surface area contributed by atoms with Gasteiger partial charge < -0.3 is 15.2 Å². The summed E-state index contributed by atoms with van der Waals surface area (Å²) in [5.41, 5.74) is 7.44. The van der Waals surface area contributed by atoms with Gasteiger partial charge in [-0.1, -0.05) is 19.1 Å². The first-order chi connectivity index (χ1) is 8.65. The average Bonchev–Trinajstić information content (AvgIpc) is 2.37. The first-order valence-electron chi connectivity index (χ1n) is 6.53. The molecule has 102 valence electrons. The number of aryl methyl sites for hydroxylation is 1. The fourth-order valence-electron chi connectivity index (χ4n) is 2.13. The van der Waals surface area contributed by atoms with Gasteiger partial charge in [0.2, 0.25) is 0 Å². The summed E-state index contributed by atoms with van der Waals surface area (Å²) in [6.45, 7) is 2.97. The molecule has 0 saturated heterocycles. The van der Waals surface area contributed by atoms with Crippen LogP contribution in [0, 0.1) is 5.92 Å². The van der Waals surface area contributed by atoms with Gasteiger partial charge in [0.25, 0.3) is 0 Å². The van der Waals surface area contributed by atoms with Crippen molar-refractivity contribution in [3.05, 3.63) is 29.8 Å². The molecule has 0 aliphatic rings. The van der Waals surface area contributed by atoms with Gasteiger partial charge in [0.05, 0.1) is 7.11 Å². The molecule has 0 fully saturated rings. The van der Waals surface area contributed by atoms with Crippen molar-refractivity contribution in [3.63, 3.8) is 0 Å². The summed E-state index contributed by atoms with van der Waals surface area (Å²) in [5, 5.41) is 0. The monoisotopic (exact) mass is 251 g/mol. The van der Waals surface area contributed by atoms with Crippen LogP contribution in [0.5, 0.6) is 5.75 Å². The molecule has 3 nitrogen and oxygen atoms in total. The Morgan fingerprint density at radius 1 is 1.17 bits per heavy atom. The molecule has 2 unspecified atom stereocenters. The third kappa shape index (κ3) is 5.52. The largest absolute Gasteiger partial charge is 0.497 e. The van der Waals surface area contributed by atoms with Crippen molar-refractivity contribution in [1.82, 2.24) is 0 Å². The Bertz CT molecular complexity index is 324. The van der Waals surface area contributed by atoms with Crippen molar-refractivity contribution in [2.75, 3.05) is 20.8 Å². The van der Waals surface area contributed by atoms with E-state index in [9.17, 15) is 0 Å². The number of rotatable bonds is 8. The van der Waals surface area contributed by atoms with Crippen molar-refractivity contribution in [2.24, 2.45) is 11.7 Å². The van der Waals surface area contributed by atoms with Crippen LogP contribution in [0.3, 0.4) is 0 Å². The van der Waals surface area contributed by atoms with Crippen LogP contribution in [0.4, 0.5) is 0 Å². The van der Waals surface area contributed by atoms with E-state index in [1.54, 1.807) is 14.2 Å². The van der Waals surface area contributed by atoms with E-state index in [0.29, 0.717) is 5.92 Å². The maximum atomic E-state index is 6.13. The van der Waals surface area contributed by atoms with E-state index in [-0.39, 0.29) is 6.04 Å².